The van der Waals surface area contributed by atoms with Gasteiger partial charge in [0.15, 0.2) is 22.8 Å². The van der Waals surface area contributed by atoms with Crippen molar-refractivity contribution in [2.75, 3.05) is 18.5 Å². The number of anilines is 1. The van der Waals surface area contributed by atoms with Crippen molar-refractivity contribution in [1.29, 1.82) is 0 Å². The molecule has 2 N–H and O–H groups in total. The Morgan fingerprint density at radius 3 is 2.52 bits per heavy atom. The van der Waals surface area contributed by atoms with E-state index >= 15 is 0 Å². The molecule has 0 radical (unpaired) electrons. The Hall–Kier alpha value is -4.26. The van der Waals surface area contributed by atoms with Gasteiger partial charge in [0.05, 0.1) is 0 Å². The first-order valence-electron chi connectivity index (χ1n) is 9.66. The highest BCUT2D eigenvalue weighted by Crippen LogP contribution is 2.35. The van der Waals surface area contributed by atoms with Gasteiger partial charge in [-0.2, -0.15) is 0 Å². The molecule has 1 amide bonds. The number of hydrogen-bond donors (Lipinski definition) is 2. The lowest BCUT2D eigenvalue weighted by Gasteiger charge is -2.19. The summed E-state index contributed by atoms with van der Waals surface area (Å²) in [6, 6.07) is 19.0. The average Bonchev–Trinajstić information content (AvgIpc) is 2.79. The Morgan fingerprint density at radius 2 is 1.65 bits per heavy atom. The third-order valence-electron chi connectivity index (χ3n) is 4.98. The highest BCUT2D eigenvalue weighted by molar-refractivity contribution is 6.05. The van der Waals surface area contributed by atoms with E-state index in [9.17, 15) is 14.7 Å². The zero-order chi connectivity index (χ0) is 21.4. The number of fused-ring (bicyclic) bond motifs is 2. The van der Waals surface area contributed by atoms with Gasteiger partial charge in [-0.25, -0.2) is 4.79 Å². The van der Waals surface area contributed by atoms with Crippen LogP contribution in [0, 0.1) is 0 Å². The molecule has 1 aliphatic rings. The second-order valence-electron chi connectivity index (χ2n) is 7.04. The van der Waals surface area contributed by atoms with Crippen molar-refractivity contribution in [2.24, 2.45) is 0 Å². The van der Waals surface area contributed by atoms with Gasteiger partial charge in [0.25, 0.3) is 5.91 Å². The van der Waals surface area contributed by atoms with Crippen LogP contribution in [0.2, 0.25) is 0 Å². The quantitative estimate of drug-likeness (QED) is 0.487. The van der Waals surface area contributed by atoms with Gasteiger partial charge in [-0.15, -0.1) is 0 Å². The summed E-state index contributed by atoms with van der Waals surface area (Å²) < 4.78 is 16.3. The third-order valence-corrected chi connectivity index (χ3v) is 4.98. The number of nitrogens with one attached hydrogen (secondary N) is 1. The largest absolute Gasteiger partial charge is 0.504 e. The van der Waals surface area contributed by atoms with Crippen LogP contribution < -0.4 is 20.4 Å². The molecule has 5 rings (SSSR count). The Bertz CT molecular complexity index is 1370. The van der Waals surface area contributed by atoms with Crippen LogP contribution in [0.3, 0.4) is 0 Å². The molecule has 0 atom stereocenters. The smallest absolute Gasteiger partial charge is 0.349 e. The van der Waals surface area contributed by atoms with Crippen LogP contribution in [-0.2, 0) is 0 Å². The van der Waals surface area contributed by atoms with Crippen LogP contribution in [-0.4, -0.2) is 24.2 Å². The molecule has 7 heteroatoms. The van der Waals surface area contributed by atoms with E-state index in [1.807, 2.05) is 30.3 Å². The van der Waals surface area contributed by atoms with E-state index in [-0.39, 0.29) is 16.9 Å². The van der Waals surface area contributed by atoms with Gasteiger partial charge in [-0.05, 0) is 47.5 Å². The van der Waals surface area contributed by atoms with E-state index < -0.39 is 11.5 Å². The minimum Gasteiger partial charge on any atom is -0.504 e. The SMILES string of the molecule is O=C(Nc1cccc(-c2ccc3c(c2)OCCO3)c1)c1cc2cccc(O)c2oc1=O. The van der Waals surface area contributed by atoms with Crippen LogP contribution in [0.1, 0.15) is 10.4 Å². The summed E-state index contributed by atoms with van der Waals surface area (Å²) in [7, 11) is 0. The highest BCUT2D eigenvalue weighted by atomic mass is 16.6. The molecule has 1 aliphatic heterocycles. The number of ether oxygens (including phenoxy) is 2. The van der Waals surface area contributed by atoms with Crippen LogP contribution >= 0.6 is 0 Å². The molecule has 7 nitrogen and oxygen atoms in total. The van der Waals surface area contributed by atoms with Gasteiger partial charge in [-0.1, -0.05) is 30.3 Å². The summed E-state index contributed by atoms with van der Waals surface area (Å²) >= 11 is 0. The Labute approximate surface area is 176 Å². The third kappa shape index (κ3) is 3.57. The summed E-state index contributed by atoms with van der Waals surface area (Å²) in [5.41, 5.74) is 1.36. The van der Waals surface area contributed by atoms with E-state index in [1.165, 1.54) is 12.1 Å². The predicted molar refractivity (Wildman–Crippen MR) is 115 cm³/mol. The van der Waals surface area contributed by atoms with Crippen molar-refractivity contribution < 1.29 is 23.8 Å². The number of para-hydroxylation sites is 1. The van der Waals surface area contributed by atoms with E-state index in [0.717, 1.165) is 11.1 Å². The Kier molecular flexibility index (Phi) is 4.55. The summed E-state index contributed by atoms with van der Waals surface area (Å²) in [6.07, 6.45) is 0. The molecule has 0 saturated carbocycles. The maximum Gasteiger partial charge on any atom is 0.349 e. The van der Waals surface area contributed by atoms with Crippen LogP contribution in [0.25, 0.3) is 22.1 Å². The second kappa shape index (κ2) is 7.53. The Balaban J connectivity index is 1.43. The summed E-state index contributed by atoms with van der Waals surface area (Å²) in [5, 5.41) is 13.0. The molecule has 0 saturated heterocycles. The Morgan fingerprint density at radius 1 is 0.871 bits per heavy atom. The van der Waals surface area contributed by atoms with Gasteiger partial charge in [0.1, 0.15) is 18.8 Å². The molecule has 3 aromatic carbocycles. The number of benzene rings is 3. The first-order valence-corrected chi connectivity index (χ1v) is 9.66. The topological polar surface area (TPSA) is 98.0 Å². The number of phenols is 1. The minimum atomic E-state index is -0.825. The minimum absolute atomic E-state index is 0.0460. The molecule has 1 aromatic heterocycles. The van der Waals surface area contributed by atoms with E-state index in [1.54, 1.807) is 24.3 Å². The summed E-state index contributed by atoms with van der Waals surface area (Å²) in [4.78, 5) is 25.0. The zero-order valence-electron chi connectivity index (χ0n) is 16.3. The van der Waals surface area contributed by atoms with Crippen molar-refractivity contribution in [3.8, 4) is 28.4 Å². The number of hydrogen-bond acceptors (Lipinski definition) is 6. The van der Waals surface area contributed by atoms with Crippen LogP contribution in [0.5, 0.6) is 17.2 Å². The lowest BCUT2D eigenvalue weighted by Crippen LogP contribution is -2.20. The standard InChI is InChI=1S/C24H17NO6/c26-19-6-2-4-16-12-18(24(28)31-22(16)19)23(27)25-17-5-1-3-14(11-17)15-7-8-20-21(13-15)30-10-9-29-20/h1-8,11-13,26H,9-10H2,(H,25,27). The summed E-state index contributed by atoms with van der Waals surface area (Å²) in [6.45, 7) is 1.02. The molecule has 154 valence electrons. The maximum absolute atomic E-state index is 12.7. The van der Waals surface area contributed by atoms with Crippen LogP contribution in [0.15, 0.2) is 75.9 Å². The molecule has 0 unspecified atom stereocenters. The second-order valence-corrected chi connectivity index (χ2v) is 7.04. The average molecular weight is 415 g/mol. The molecule has 2 heterocycles. The first-order chi connectivity index (χ1) is 15.1. The molecule has 0 fully saturated rings. The first kappa shape index (κ1) is 18.7. The number of phenolic OH excluding ortho intramolecular Hbond substituents is 1. The molecule has 0 bridgehead atoms. The maximum atomic E-state index is 12.7. The number of aromatic hydroxyl groups is 1. The van der Waals surface area contributed by atoms with E-state index in [2.05, 4.69) is 5.32 Å². The monoisotopic (exact) mass is 415 g/mol. The van der Waals surface area contributed by atoms with Crippen molar-refractivity contribution in [3.05, 3.63) is 82.7 Å². The highest BCUT2D eigenvalue weighted by Gasteiger charge is 2.16. The normalized spacial score (nSPS) is 12.5. The number of rotatable bonds is 3. The van der Waals surface area contributed by atoms with Crippen molar-refractivity contribution >= 4 is 22.6 Å². The lowest BCUT2D eigenvalue weighted by atomic mass is 10.0. The zero-order valence-corrected chi connectivity index (χ0v) is 16.3. The fraction of sp³-hybridized carbons (Fsp3) is 0.0833. The summed E-state index contributed by atoms with van der Waals surface area (Å²) in [5.74, 6) is 0.621. The lowest BCUT2D eigenvalue weighted by molar-refractivity contribution is 0.102. The van der Waals surface area contributed by atoms with Crippen molar-refractivity contribution in [3.63, 3.8) is 0 Å². The van der Waals surface area contributed by atoms with Gasteiger partial charge in [0, 0.05) is 11.1 Å². The van der Waals surface area contributed by atoms with Gasteiger partial charge < -0.3 is 24.3 Å². The molecular weight excluding hydrogens is 398 g/mol. The molecule has 0 spiro atoms. The van der Waals surface area contributed by atoms with Crippen molar-refractivity contribution in [1.82, 2.24) is 0 Å². The number of amides is 1. The van der Waals surface area contributed by atoms with Gasteiger partial charge in [0.2, 0.25) is 0 Å². The fourth-order valence-electron chi connectivity index (χ4n) is 3.49. The molecule has 4 aromatic rings. The molecular formula is C24H17NO6. The van der Waals surface area contributed by atoms with E-state index in [0.29, 0.717) is 35.8 Å². The number of carbonyl (C=O) groups excluding carboxylic acids is 1. The fourth-order valence-corrected chi connectivity index (χ4v) is 3.49. The number of carbonyl (C=O) groups is 1. The predicted octanol–water partition coefficient (Wildman–Crippen LogP) is 4.19. The van der Waals surface area contributed by atoms with Gasteiger partial charge in [-0.3, -0.25) is 4.79 Å². The van der Waals surface area contributed by atoms with Crippen molar-refractivity contribution in [2.45, 2.75) is 0 Å². The van der Waals surface area contributed by atoms with Gasteiger partial charge >= 0.3 is 5.63 Å². The van der Waals surface area contributed by atoms with E-state index in [4.69, 9.17) is 13.9 Å². The molecule has 31 heavy (non-hydrogen) atoms. The van der Waals surface area contributed by atoms with Crippen LogP contribution in [0.4, 0.5) is 5.69 Å². The molecule has 0 aliphatic carbocycles.